The number of benzene rings is 1. The van der Waals surface area contributed by atoms with E-state index in [2.05, 4.69) is 21.9 Å². The number of furan rings is 1. The van der Waals surface area contributed by atoms with Crippen LogP contribution in [0, 0.1) is 6.92 Å². The molecule has 1 amide bonds. The minimum atomic E-state index is -0.254. The zero-order valence-corrected chi connectivity index (χ0v) is 23.7. The SMILES string of the molecule is COc1ccc(N2CCN(c3nc4c(C)cccn4c(=O)c3/C=C3/SC(=S)N(Cc4ccco4)C3=O)CC2)cc1. The summed E-state index contributed by atoms with van der Waals surface area (Å²) in [5, 5.41) is 0. The van der Waals surface area contributed by atoms with Crippen LogP contribution >= 0.6 is 24.0 Å². The lowest BCUT2D eigenvalue weighted by molar-refractivity contribution is -0.122. The zero-order valence-electron chi connectivity index (χ0n) is 22.1. The van der Waals surface area contributed by atoms with Crippen LogP contribution in [0.15, 0.2) is 75.1 Å². The molecule has 40 heavy (non-hydrogen) atoms. The predicted molar refractivity (Wildman–Crippen MR) is 161 cm³/mol. The van der Waals surface area contributed by atoms with Crippen molar-refractivity contribution in [3.05, 3.63) is 93.1 Å². The Hall–Kier alpha value is -4.09. The molecular weight excluding hydrogens is 546 g/mol. The van der Waals surface area contributed by atoms with Crippen molar-refractivity contribution in [2.45, 2.75) is 13.5 Å². The molecule has 0 bridgehead atoms. The standard InChI is InChI=1S/C29H27N5O4S2/c1-19-5-3-11-33-25(19)30-26(32-14-12-31(13-15-32)20-7-9-21(37-2)10-8-20)23(27(33)35)17-24-28(36)34(29(39)40-24)18-22-6-4-16-38-22/h3-11,16-17H,12-15,18H2,1-2H3/b24-17+. The van der Waals surface area contributed by atoms with Gasteiger partial charge in [0.2, 0.25) is 0 Å². The zero-order chi connectivity index (χ0) is 27.8. The maximum Gasteiger partial charge on any atom is 0.267 e. The van der Waals surface area contributed by atoms with Crippen molar-refractivity contribution in [3.8, 4) is 5.75 Å². The molecule has 0 aliphatic carbocycles. The summed E-state index contributed by atoms with van der Waals surface area (Å²) in [4.78, 5) is 38.5. The van der Waals surface area contributed by atoms with Gasteiger partial charge >= 0.3 is 0 Å². The second-order valence-electron chi connectivity index (χ2n) is 9.56. The van der Waals surface area contributed by atoms with Gasteiger partial charge in [0, 0.05) is 38.1 Å². The van der Waals surface area contributed by atoms with Crippen LogP contribution in [0.3, 0.4) is 0 Å². The van der Waals surface area contributed by atoms with Crippen molar-refractivity contribution >= 4 is 57.4 Å². The van der Waals surface area contributed by atoms with Crippen LogP contribution in [0.1, 0.15) is 16.9 Å². The maximum absolute atomic E-state index is 13.9. The van der Waals surface area contributed by atoms with Gasteiger partial charge in [0.25, 0.3) is 11.5 Å². The lowest BCUT2D eigenvalue weighted by atomic mass is 10.2. The van der Waals surface area contributed by atoms with E-state index in [-0.39, 0.29) is 18.0 Å². The number of carbonyl (C=O) groups is 1. The van der Waals surface area contributed by atoms with E-state index >= 15 is 0 Å². The smallest absolute Gasteiger partial charge is 0.267 e. The molecule has 2 aliphatic heterocycles. The molecular formula is C29H27N5O4S2. The van der Waals surface area contributed by atoms with Crippen molar-refractivity contribution in [3.63, 3.8) is 0 Å². The summed E-state index contributed by atoms with van der Waals surface area (Å²) in [5.74, 6) is 1.77. The number of piperazine rings is 1. The third-order valence-electron chi connectivity index (χ3n) is 7.12. The summed E-state index contributed by atoms with van der Waals surface area (Å²) in [6.07, 6.45) is 4.92. The summed E-state index contributed by atoms with van der Waals surface area (Å²) >= 11 is 6.69. The Balaban J connectivity index is 1.34. The topological polar surface area (TPSA) is 83.5 Å². The van der Waals surface area contributed by atoms with Crippen molar-refractivity contribution in [1.82, 2.24) is 14.3 Å². The largest absolute Gasteiger partial charge is 0.497 e. The fourth-order valence-electron chi connectivity index (χ4n) is 4.96. The lowest BCUT2D eigenvalue weighted by Gasteiger charge is -2.37. The van der Waals surface area contributed by atoms with Gasteiger partial charge in [-0.15, -0.1) is 0 Å². The van der Waals surface area contributed by atoms with E-state index in [1.807, 2.05) is 31.2 Å². The molecule has 0 atom stereocenters. The Bertz CT molecular complexity index is 1670. The molecule has 11 heteroatoms. The quantitative estimate of drug-likeness (QED) is 0.247. The number of thioether (sulfide) groups is 1. The second-order valence-corrected chi connectivity index (χ2v) is 11.2. The molecule has 1 aromatic carbocycles. The molecule has 3 aromatic heterocycles. The summed E-state index contributed by atoms with van der Waals surface area (Å²) in [5.41, 5.74) is 2.76. The number of nitrogens with zero attached hydrogens (tertiary/aromatic N) is 5. The first-order chi connectivity index (χ1) is 19.4. The Kier molecular flexibility index (Phi) is 7.07. The van der Waals surface area contributed by atoms with Crippen LogP contribution in [-0.4, -0.2) is 57.8 Å². The van der Waals surface area contributed by atoms with Crippen LogP contribution in [-0.2, 0) is 11.3 Å². The van der Waals surface area contributed by atoms with Crippen molar-refractivity contribution < 1.29 is 13.9 Å². The molecule has 2 aliphatic rings. The number of carbonyl (C=O) groups excluding carboxylic acids is 1. The maximum atomic E-state index is 13.9. The molecule has 0 spiro atoms. The third-order valence-corrected chi connectivity index (χ3v) is 8.50. The molecule has 0 saturated carbocycles. The normalized spacial score (nSPS) is 16.9. The average molecular weight is 574 g/mol. The number of ether oxygens (including phenoxy) is 1. The van der Waals surface area contributed by atoms with Crippen LogP contribution in [0.2, 0.25) is 0 Å². The summed E-state index contributed by atoms with van der Waals surface area (Å²) in [6, 6.07) is 15.3. The molecule has 4 aromatic rings. The van der Waals surface area contributed by atoms with Gasteiger partial charge in [0.15, 0.2) is 0 Å². The average Bonchev–Trinajstić information content (AvgIpc) is 3.59. The van der Waals surface area contributed by atoms with Crippen LogP contribution in [0.5, 0.6) is 5.75 Å². The Morgan fingerprint density at radius 1 is 1.05 bits per heavy atom. The summed E-state index contributed by atoms with van der Waals surface area (Å²) < 4.78 is 12.7. The van der Waals surface area contributed by atoms with Gasteiger partial charge in [-0.3, -0.25) is 18.9 Å². The van der Waals surface area contributed by atoms with E-state index in [4.69, 9.17) is 26.4 Å². The van der Waals surface area contributed by atoms with Gasteiger partial charge in [-0.25, -0.2) is 4.98 Å². The first-order valence-electron chi connectivity index (χ1n) is 12.9. The van der Waals surface area contributed by atoms with E-state index in [9.17, 15) is 9.59 Å². The first kappa shape index (κ1) is 26.1. The number of rotatable bonds is 6. The van der Waals surface area contributed by atoms with Crippen LogP contribution in [0.25, 0.3) is 11.7 Å². The van der Waals surface area contributed by atoms with Crippen LogP contribution in [0.4, 0.5) is 11.5 Å². The highest BCUT2D eigenvalue weighted by atomic mass is 32.2. The minimum Gasteiger partial charge on any atom is -0.497 e. The number of aryl methyl sites for hydroxylation is 1. The van der Waals surface area contributed by atoms with E-state index in [0.29, 0.717) is 45.1 Å². The van der Waals surface area contributed by atoms with Gasteiger partial charge in [0.1, 0.15) is 27.3 Å². The Morgan fingerprint density at radius 3 is 2.50 bits per heavy atom. The number of hydrogen-bond donors (Lipinski definition) is 0. The number of hydrogen-bond acceptors (Lipinski definition) is 9. The van der Waals surface area contributed by atoms with Crippen molar-refractivity contribution in [1.29, 1.82) is 0 Å². The van der Waals surface area contributed by atoms with Gasteiger partial charge in [-0.05, 0) is 61.0 Å². The lowest BCUT2D eigenvalue weighted by Crippen LogP contribution is -2.47. The molecule has 0 radical (unpaired) electrons. The fraction of sp³-hybridized carbons (Fsp3) is 0.241. The van der Waals surface area contributed by atoms with Crippen molar-refractivity contribution in [2.75, 3.05) is 43.1 Å². The summed E-state index contributed by atoms with van der Waals surface area (Å²) in [7, 11) is 1.66. The number of pyridine rings is 1. The van der Waals surface area contributed by atoms with E-state index < -0.39 is 0 Å². The highest BCUT2D eigenvalue weighted by Crippen LogP contribution is 2.35. The molecule has 2 saturated heterocycles. The molecule has 6 rings (SSSR count). The van der Waals surface area contributed by atoms with Gasteiger partial charge < -0.3 is 19.0 Å². The predicted octanol–water partition coefficient (Wildman–Crippen LogP) is 4.33. The van der Waals surface area contributed by atoms with Gasteiger partial charge in [-0.2, -0.15) is 0 Å². The number of thiocarbonyl (C=S) groups is 1. The van der Waals surface area contributed by atoms with E-state index in [0.717, 1.165) is 30.1 Å². The Morgan fingerprint density at radius 2 is 1.80 bits per heavy atom. The van der Waals surface area contributed by atoms with Crippen LogP contribution < -0.4 is 20.1 Å². The molecule has 0 unspecified atom stereocenters. The van der Waals surface area contributed by atoms with E-state index in [1.165, 1.54) is 16.7 Å². The first-order valence-corrected chi connectivity index (χ1v) is 14.1. The minimum absolute atomic E-state index is 0.224. The molecule has 5 heterocycles. The third kappa shape index (κ3) is 4.86. The molecule has 9 nitrogen and oxygen atoms in total. The second kappa shape index (κ2) is 10.8. The monoisotopic (exact) mass is 573 g/mol. The fourth-order valence-corrected chi connectivity index (χ4v) is 6.20. The number of anilines is 2. The summed E-state index contributed by atoms with van der Waals surface area (Å²) in [6.45, 7) is 5.02. The van der Waals surface area contributed by atoms with Gasteiger partial charge in [0.05, 0.1) is 30.4 Å². The molecule has 0 N–H and O–H groups in total. The van der Waals surface area contributed by atoms with Gasteiger partial charge in [-0.1, -0.05) is 30.0 Å². The number of methoxy groups -OCH3 is 1. The number of amides is 1. The molecule has 204 valence electrons. The molecule has 2 fully saturated rings. The number of aromatic nitrogens is 2. The highest BCUT2D eigenvalue weighted by Gasteiger charge is 2.34. The highest BCUT2D eigenvalue weighted by molar-refractivity contribution is 8.26. The van der Waals surface area contributed by atoms with E-state index in [1.54, 1.807) is 42.2 Å². The van der Waals surface area contributed by atoms with Crippen molar-refractivity contribution in [2.24, 2.45) is 0 Å². The Labute approximate surface area is 240 Å². The number of fused-ring (bicyclic) bond motifs is 1.